The van der Waals surface area contributed by atoms with E-state index in [1.54, 1.807) is 31.2 Å². The van der Waals surface area contributed by atoms with Crippen LogP contribution in [0.4, 0.5) is 13.2 Å². The Hall–Kier alpha value is -3.40. The fourth-order valence-corrected chi connectivity index (χ4v) is 4.15. The summed E-state index contributed by atoms with van der Waals surface area (Å²) in [5.74, 6) is -0.559. The van der Waals surface area contributed by atoms with Gasteiger partial charge in [0, 0.05) is 5.56 Å². The minimum absolute atomic E-state index is 0.172. The summed E-state index contributed by atoms with van der Waals surface area (Å²) in [6, 6.07) is 11.9. The normalized spacial score (nSPS) is 12.9. The standard InChI is InChI=1S/C25H25F3N2O4S/c1-4-20(16-8-12-19(13-9-16)34-21(5-2)24(31)32)30-33-14-22-15(3)29-23(35-22)17-6-10-18(11-7-17)25(26,27)28/h6-13,21H,4-5,14H2,1-3H3,(H,31,32)/b30-20+. The molecule has 1 N–H and O–H groups in total. The summed E-state index contributed by atoms with van der Waals surface area (Å²) >= 11 is 1.34. The van der Waals surface area contributed by atoms with Crippen LogP contribution in [0.3, 0.4) is 0 Å². The fourth-order valence-electron chi connectivity index (χ4n) is 3.18. The number of alkyl halides is 3. The number of carboxylic acids is 1. The third kappa shape index (κ3) is 6.82. The maximum absolute atomic E-state index is 12.8. The molecular weight excluding hydrogens is 481 g/mol. The summed E-state index contributed by atoms with van der Waals surface area (Å²) in [7, 11) is 0. The number of benzene rings is 2. The molecular formula is C25H25F3N2O4S. The van der Waals surface area contributed by atoms with Crippen LogP contribution in [-0.4, -0.2) is 27.9 Å². The Morgan fingerprint density at radius 2 is 1.77 bits per heavy atom. The molecule has 1 aromatic heterocycles. The van der Waals surface area contributed by atoms with E-state index in [1.807, 2.05) is 13.8 Å². The Morgan fingerprint density at radius 1 is 1.11 bits per heavy atom. The van der Waals surface area contributed by atoms with Crippen LogP contribution in [0.2, 0.25) is 0 Å². The molecule has 10 heteroatoms. The average Bonchev–Trinajstić information content (AvgIpc) is 3.20. The molecule has 0 aliphatic carbocycles. The monoisotopic (exact) mass is 506 g/mol. The summed E-state index contributed by atoms with van der Waals surface area (Å²) in [5.41, 5.74) is 2.14. The Labute approximate surface area is 205 Å². The van der Waals surface area contributed by atoms with Crippen LogP contribution in [0.1, 0.15) is 48.4 Å². The van der Waals surface area contributed by atoms with Gasteiger partial charge in [-0.1, -0.05) is 31.1 Å². The number of thiazole rings is 1. The van der Waals surface area contributed by atoms with Crippen LogP contribution in [0.5, 0.6) is 5.75 Å². The average molecular weight is 507 g/mol. The predicted octanol–water partition coefficient (Wildman–Crippen LogP) is 6.71. The van der Waals surface area contributed by atoms with E-state index in [0.29, 0.717) is 34.9 Å². The van der Waals surface area contributed by atoms with Gasteiger partial charge >= 0.3 is 12.1 Å². The highest BCUT2D eigenvalue weighted by molar-refractivity contribution is 7.15. The van der Waals surface area contributed by atoms with Gasteiger partial charge in [0.15, 0.2) is 12.7 Å². The maximum atomic E-state index is 12.8. The number of aryl methyl sites for hydroxylation is 1. The van der Waals surface area contributed by atoms with Crippen molar-refractivity contribution in [1.82, 2.24) is 4.98 Å². The van der Waals surface area contributed by atoms with E-state index >= 15 is 0 Å². The number of hydrogen-bond acceptors (Lipinski definition) is 6. The van der Waals surface area contributed by atoms with Gasteiger partial charge in [-0.3, -0.25) is 0 Å². The first kappa shape index (κ1) is 26.2. The van der Waals surface area contributed by atoms with Crippen molar-refractivity contribution in [3.05, 3.63) is 70.2 Å². The van der Waals surface area contributed by atoms with Crippen molar-refractivity contribution in [2.24, 2.45) is 5.16 Å². The van der Waals surface area contributed by atoms with E-state index in [9.17, 15) is 18.0 Å². The molecule has 1 unspecified atom stereocenters. The molecule has 2 aromatic carbocycles. The molecule has 0 aliphatic heterocycles. The quantitative estimate of drug-likeness (QED) is 0.244. The van der Waals surface area contributed by atoms with Crippen molar-refractivity contribution in [3.8, 4) is 16.3 Å². The Morgan fingerprint density at radius 3 is 2.31 bits per heavy atom. The number of carboxylic acid groups (broad SMARTS) is 1. The van der Waals surface area contributed by atoms with Gasteiger partial charge < -0.3 is 14.7 Å². The molecule has 3 aromatic rings. The third-order valence-corrected chi connectivity index (χ3v) is 6.35. The summed E-state index contributed by atoms with van der Waals surface area (Å²) in [5, 5.41) is 14.0. The Kier molecular flexibility index (Phi) is 8.50. The second-order valence-electron chi connectivity index (χ2n) is 7.65. The van der Waals surface area contributed by atoms with E-state index in [-0.39, 0.29) is 6.61 Å². The van der Waals surface area contributed by atoms with E-state index in [1.165, 1.54) is 23.5 Å². The van der Waals surface area contributed by atoms with Crippen LogP contribution >= 0.6 is 11.3 Å². The summed E-state index contributed by atoms with van der Waals surface area (Å²) in [6.45, 7) is 5.66. The van der Waals surface area contributed by atoms with Crippen molar-refractivity contribution in [3.63, 3.8) is 0 Å². The van der Waals surface area contributed by atoms with Crippen LogP contribution in [0.15, 0.2) is 53.7 Å². The van der Waals surface area contributed by atoms with Crippen LogP contribution in [0.25, 0.3) is 10.6 Å². The Balaban J connectivity index is 1.66. The molecule has 0 aliphatic rings. The molecule has 6 nitrogen and oxygen atoms in total. The summed E-state index contributed by atoms with van der Waals surface area (Å²) < 4.78 is 43.8. The Bertz CT molecular complexity index is 1170. The molecule has 0 fully saturated rings. The van der Waals surface area contributed by atoms with E-state index in [4.69, 9.17) is 14.7 Å². The maximum Gasteiger partial charge on any atom is 0.416 e. The zero-order chi connectivity index (χ0) is 25.6. The molecule has 0 bridgehead atoms. The highest BCUT2D eigenvalue weighted by Gasteiger charge is 2.30. The molecule has 1 atom stereocenters. The number of carbonyl (C=O) groups is 1. The van der Waals surface area contributed by atoms with Gasteiger partial charge in [-0.2, -0.15) is 13.2 Å². The van der Waals surface area contributed by atoms with E-state index in [2.05, 4.69) is 10.1 Å². The predicted molar refractivity (Wildman–Crippen MR) is 128 cm³/mol. The first-order valence-electron chi connectivity index (χ1n) is 10.9. The lowest BCUT2D eigenvalue weighted by molar-refractivity contribution is -0.145. The zero-order valence-electron chi connectivity index (χ0n) is 19.4. The number of ether oxygens (including phenoxy) is 1. The first-order valence-corrected chi connectivity index (χ1v) is 11.8. The number of nitrogens with zero attached hydrogens (tertiary/aromatic N) is 2. The van der Waals surface area contributed by atoms with Crippen LogP contribution in [-0.2, 0) is 22.4 Å². The van der Waals surface area contributed by atoms with Crippen molar-refractivity contribution >= 4 is 23.0 Å². The topological polar surface area (TPSA) is 81.0 Å². The summed E-state index contributed by atoms with van der Waals surface area (Å²) in [6.07, 6.45) is -4.33. The number of aliphatic carboxylic acids is 1. The van der Waals surface area contributed by atoms with Crippen molar-refractivity contribution in [2.75, 3.05) is 0 Å². The lowest BCUT2D eigenvalue weighted by Gasteiger charge is -2.13. The van der Waals surface area contributed by atoms with Gasteiger partial charge in [-0.05, 0) is 61.7 Å². The largest absolute Gasteiger partial charge is 0.479 e. The molecule has 0 radical (unpaired) electrons. The SMILES string of the molecule is CC/C(=N\OCc1sc(-c2ccc(C(F)(F)F)cc2)nc1C)c1ccc(OC(CC)C(=O)O)cc1. The van der Waals surface area contributed by atoms with Gasteiger partial charge in [0.05, 0.1) is 21.8 Å². The molecule has 3 rings (SSSR count). The van der Waals surface area contributed by atoms with Crippen molar-refractivity contribution in [2.45, 2.75) is 52.5 Å². The molecule has 0 amide bonds. The van der Waals surface area contributed by atoms with Crippen LogP contribution < -0.4 is 4.74 Å². The molecule has 0 spiro atoms. The molecule has 1 heterocycles. The minimum Gasteiger partial charge on any atom is -0.479 e. The van der Waals surface area contributed by atoms with Gasteiger partial charge in [0.2, 0.25) is 0 Å². The first-order chi connectivity index (χ1) is 16.6. The van der Waals surface area contributed by atoms with Gasteiger partial charge in [-0.15, -0.1) is 11.3 Å². The van der Waals surface area contributed by atoms with E-state index < -0.39 is 23.8 Å². The second-order valence-corrected chi connectivity index (χ2v) is 8.73. The lowest BCUT2D eigenvalue weighted by Crippen LogP contribution is -2.25. The molecule has 186 valence electrons. The highest BCUT2D eigenvalue weighted by atomic mass is 32.1. The summed E-state index contributed by atoms with van der Waals surface area (Å²) in [4.78, 5) is 22.0. The van der Waals surface area contributed by atoms with Gasteiger partial charge in [0.1, 0.15) is 10.8 Å². The second kappa shape index (κ2) is 11.4. The van der Waals surface area contributed by atoms with Crippen LogP contribution in [0, 0.1) is 6.92 Å². The number of hydrogen-bond donors (Lipinski definition) is 1. The highest BCUT2D eigenvalue weighted by Crippen LogP contribution is 2.33. The van der Waals surface area contributed by atoms with Gasteiger partial charge in [-0.25, -0.2) is 9.78 Å². The molecule has 0 saturated heterocycles. The smallest absolute Gasteiger partial charge is 0.416 e. The third-order valence-electron chi connectivity index (χ3n) is 5.17. The lowest BCUT2D eigenvalue weighted by atomic mass is 10.1. The number of rotatable bonds is 10. The van der Waals surface area contributed by atoms with Gasteiger partial charge in [0.25, 0.3) is 0 Å². The number of halogens is 3. The molecule has 0 saturated carbocycles. The van der Waals surface area contributed by atoms with E-state index in [0.717, 1.165) is 28.3 Å². The van der Waals surface area contributed by atoms with Crippen molar-refractivity contribution < 1.29 is 32.6 Å². The molecule has 35 heavy (non-hydrogen) atoms. The minimum atomic E-state index is -4.38. The zero-order valence-corrected chi connectivity index (χ0v) is 20.2. The van der Waals surface area contributed by atoms with Crippen molar-refractivity contribution in [1.29, 1.82) is 0 Å². The number of oxime groups is 1. The fraction of sp³-hybridized carbons (Fsp3) is 0.320. The number of aromatic nitrogens is 1.